The van der Waals surface area contributed by atoms with Crippen LogP contribution in [-0.4, -0.2) is 31.1 Å². The maximum atomic E-state index is 3.55. The molecular weight excluding hydrogens is 320 g/mol. The van der Waals surface area contributed by atoms with Crippen molar-refractivity contribution in [2.75, 3.05) is 26.2 Å². The Labute approximate surface area is 130 Å². The number of hydrogen-bond donors (Lipinski definition) is 1. The zero-order chi connectivity index (χ0) is 13.9. The van der Waals surface area contributed by atoms with Crippen LogP contribution in [0.4, 0.5) is 0 Å². The van der Waals surface area contributed by atoms with Gasteiger partial charge in [-0.25, -0.2) is 0 Å². The molecule has 1 rings (SSSR count). The molecule has 0 aliphatic heterocycles. The number of nitrogens with zero attached hydrogens (tertiary/aromatic N) is 1. The molecule has 1 aromatic rings. The Balaban J connectivity index is 2.15. The van der Waals surface area contributed by atoms with Gasteiger partial charge in [0.05, 0.1) is 0 Å². The zero-order valence-electron chi connectivity index (χ0n) is 12.3. The van der Waals surface area contributed by atoms with E-state index in [2.05, 4.69) is 51.4 Å². The van der Waals surface area contributed by atoms with Crippen LogP contribution in [0.1, 0.15) is 44.4 Å². The van der Waals surface area contributed by atoms with Gasteiger partial charge < -0.3 is 10.2 Å². The summed E-state index contributed by atoms with van der Waals surface area (Å²) < 4.78 is 1.20. The molecule has 0 saturated carbocycles. The van der Waals surface area contributed by atoms with Gasteiger partial charge in [-0.2, -0.15) is 0 Å². The number of thiophene rings is 1. The van der Waals surface area contributed by atoms with Crippen LogP contribution in [0, 0.1) is 0 Å². The third-order valence-corrected chi connectivity index (χ3v) is 4.88. The summed E-state index contributed by atoms with van der Waals surface area (Å²) in [6, 6.07) is 2.20. The molecule has 110 valence electrons. The van der Waals surface area contributed by atoms with Crippen LogP contribution >= 0.6 is 27.3 Å². The lowest BCUT2D eigenvalue weighted by Crippen LogP contribution is -2.33. The van der Waals surface area contributed by atoms with Crippen LogP contribution in [0.5, 0.6) is 0 Å². The third-order valence-electron chi connectivity index (χ3n) is 3.18. The average Bonchev–Trinajstić information content (AvgIpc) is 2.82. The summed E-state index contributed by atoms with van der Waals surface area (Å²) in [7, 11) is 0. The van der Waals surface area contributed by atoms with Crippen LogP contribution in [-0.2, 0) is 6.54 Å². The molecule has 0 bridgehead atoms. The summed E-state index contributed by atoms with van der Waals surface area (Å²) in [6.45, 7) is 10.3. The van der Waals surface area contributed by atoms with Gasteiger partial charge in [-0.3, -0.25) is 0 Å². The van der Waals surface area contributed by atoms with E-state index in [1.54, 1.807) is 0 Å². The molecular formula is C15H27BrN2S. The molecule has 0 aromatic carbocycles. The second kappa shape index (κ2) is 10.8. The monoisotopic (exact) mass is 346 g/mol. The Morgan fingerprint density at radius 1 is 1.16 bits per heavy atom. The fourth-order valence-corrected chi connectivity index (χ4v) is 3.41. The Morgan fingerprint density at radius 3 is 2.37 bits per heavy atom. The first-order valence-electron chi connectivity index (χ1n) is 7.42. The molecule has 0 atom stereocenters. The highest BCUT2D eigenvalue weighted by Gasteiger charge is 2.03. The lowest BCUT2D eigenvalue weighted by atomic mass is 10.2. The van der Waals surface area contributed by atoms with Gasteiger partial charge in [-0.1, -0.05) is 26.7 Å². The number of hydrogen-bond acceptors (Lipinski definition) is 3. The van der Waals surface area contributed by atoms with E-state index in [-0.39, 0.29) is 0 Å². The van der Waals surface area contributed by atoms with E-state index in [4.69, 9.17) is 0 Å². The van der Waals surface area contributed by atoms with Gasteiger partial charge in [-0.15, -0.1) is 11.3 Å². The molecule has 0 saturated heterocycles. The van der Waals surface area contributed by atoms with Crippen molar-refractivity contribution in [2.45, 2.75) is 46.1 Å². The second-order valence-corrected chi connectivity index (χ2v) is 6.87. The molecule has 0 aliphatic rings. The molecule has 1 aromatic heterocycles. The molecule has 1 N–H and O–H groups in total. The molecule has 2 nitrogen and oxygen atoms in total. The fraction of sp³-hybridized carbons (Fsp3) is 0.733. The first kappa shape index (κ1) is 17.2. The van der Waals surface area contributed by atoms with E-state index in [0.717, 1.165) is 13.1 Å². The van der Waals surface area contributed by atoms with Crippen molar-refractivity contribution in [1.82, 2.24) is 10.2 Å². The Morgan fingerprint density at radius 2 is 1.84 bits per heavy atom. The summed E-state index contributed by atoms with van der Waals surface area (Å²) in [5.41, 5.74) is 0. The molecule has 1 heterocycles. The minimum Gasteiger partial charge on any atom is -0.311 e. The van der Waals surface area contributed by atoms with Crippen LogP contribution in [0.2, 0.25) is 0 Å². The molecule has 4 heteroatoms. The minimum absolute atomic E-state index is 0.992. The van der Waals surface area contributed by atoms with Gasteiger partial charge in [0.2, 0.25) is 0 Å². The van der Waals surface area contributed by atoms with E-state index in [9.17, 15) is 0 Å². The van der Waals surface area contributed by atoms with Crippen molar-refractivity contribution >= 4 is 27.3 Å². The van der Waals surface area contributed by atoms with Crippen molar-refractivity contribution < 1.29 is 0 Å². The summed E-state index contributed by atoms with van der Waals surface area (Å²) in [5.74, 6) is 0. The lowest BCUT2D eigenvalue weighted by molar-refractivity contribution is 0.264. The van der Waals surface area contributed by atoms with Gasteiger partial charge in [0.25, 0.3) is 0 Å². The van der Waals surface area contributed by atoms with E-state index in [0.29, 0.717) is 0 Å². The summed E-state index contributed by atoms with van der Waals surface area (Å²) >= 11 is 5.31. The second-order valence-electron chi connectivity index (χ2n) is 4.96. The maximum absolute atomic E-state index is 3.55. The van der Waals surface area contributed by atoms with Crippen molar-refractivity contribution in [3.63, 3.8) is 0 Å². The highest BCUT2D eigenvalue weighted by atomic mass is 79.9. The van der Waals surface area contributed by atoms with Crippen molar-refractivity contribution in [2.24, 2.45) is 0 Å². The third kappa shape index (κ3) is 8.08. The molecule has 0 unspecified atom stereocenters. The predicted molar refractivity (Wildman–Crippen MR) is 90.0 cm³/mol. The number of nitrogens with one attached hydrogen (secondary N) is 1. The lowest BCUT2D eigenvalue weighted by Gasteiger charge is -2.22. The molecule has 0 radical (unpaired) electrons. The quantitative estimate of drug-likeness (QED) is 0.593. The summed E-state index contributed by atoms with van der Waals surface area (Å²) in [6.07, 6.45) is 5.22. The highest BCUT2D eigenvalue weighted by Crippen LogP contribution is 2.19. The predicted octanol–water partition coefficient (Wildman–Crippen LogP) is 4.50. The van der Waals surface area contributed by atoms with Gasteiger partial charge in [0, 0.05) is 34.4 Å². The van der Waals surface area contributed by atoms with Crippen LogP contribution in [0.25, 0.3) is 0 Å². The maximum Gasteiger partial charge on any atom is 0.0300 e. The molecule has 0 spiro atoms. The van der Waals surface area contributed by atoms with E-state index in [1.165, 1.54) is 54.7 Å². The first-order chi connectivity index (χ1) is 9.26. The molecule has 19 heavy (non-hydrogen) atoms. The summed E-state index contributed by atoms with van der Waals surface area (Å²) in [5, 5.41) is 5.69. The van der Waals surface area contributed by atoms with Crippen LogP contribution in [0.3, 0.4) is 0 Å². The highest BCUT2D eigenvalue weighted by molar-refractivity contribution is 9.10. The van der Waals surface area contributed by atoms with Crippen molar-refractivity contribution in [3.8, 4) is 0 Å². The Bertz CT molecular complexity index is 320. The van der Waals surface area contributed by atoms with Gasteiger partial charge in [-0.05, 0) is 47.9 Å². The number of rotatable bonds is 11. The zero-order valence-corrected chi connectivity index (χ0v) is 14.7. The van der Waals surface area contributed by atoms with Crippen LogP contribution in [0.15, 0.2) is 15.9 Å². The van der Waals surface area contributed by atoms with E-state index in [1.807, 2.05) is 11.3 Å². The smallest absolute Gasteiger partial charge is 0.0300 e. The normalized spacial score (nSPS) is 11.4. The first-order valence-corrected chi connectivity index (χ1v) is 9.09. The van der Waals surface area contributed by atoms with Crippen molar-refractivity contribution in [1.29, 1.82) is 0 Å². The van der Waals surface area contributed by atoms with Gasteiger partial charge in [0.1, 0.15) is 0 Å². The van der Waals surface area contributed by atoms with Gasteiger partial charge >= 0.3 is 0 Å². The average molecular weight is 347 g/mol. The topological polar surface area (TPSA) is 15.3 Å². The SMILES string of the molecule is CCCCN(CCCC)CCNCc1cc(Br)cs1. The molecule has 0 amide bonds. The van der Waals surface area contributed by atoms with E-state index < -0.39 is 0 Å². The summed E-state index contributed by atoms with van der Waals surface area (Å²) in [4.78, 5) is 4.00. The number of halogens is 1. The van der Waals surface area contributed by atoms with Gasteiger partial charge in [0.15, 0.2) is 0 Å². The standard InChI is InChI=1S/C15H27BrN2S/c1-3-5-8-18(9-6-4-2)10-7-17-12-15-11-14(16)13-19-15/h11,13,17H,3-10,12H2,1-2H3. The van der Waals surface area contributed by atoms with Crippen LogP contribution < -0.4 is 5.32 Å². The fourth-order valence-electron chi connectivity index (χ4n) is 1.99. The number of unbranched alkanes of at least 4 members (excludes halogenated alkanes) is 2. The Hall–Kier alpha value is 0.1000. The van der Waals surface area contributed by atoms with E-state index >= 15 is 0 Å². The van der Waals surface area contributed by atoms with Crippen molar-refractivity contribution in [3.05, 3.63) is 20.8 Å². The minimum atomic E-state index is 0.992. The molecule has 0 fully saturated rings. The largest absolute Gasteiger partial charge is 0.311 e. The Kier molecular flexibility index (Phi) is 9.78. The molecule has 0 aliphatic carbocycles.